The third-order valence-corrected chi connectivity index (χ3v) is 5.93. The smallest absolute Gasteiger partial charge is 0.345 e. The van der Waals surface area contributed by atoms with Crippen molar-refractivity contribution in [1.29, 1.82) is 0 Å². The van der Waals surface area contributed by atoms with E-state index in [1.54, 1.807) is 18.2 Å². The molecule has 0 aliphatic carbocycles. The van der Waals surface area contributed by atoms with E-state index >= 15 is 0 Å². The monoisotopic (exact) mass is 470 g/mol. The van der Waals surface area contributed by atoms with Crippen molar-refractivity contribution in [2.45, 2.75) is 11.8 Å². The summed E-state index contributed by atoms with van der Waals surface area (Å²) in [6, 6.07) is 10.4. The van der Waals surface area contributed by atoms with Crippen LogP contribution < -0.4 is 9.46 Å². The van der Waals surface area contributed by atoms with Gasteiger partial charge in [-0.3, -0.25) is 0 Å². The molecular weight excluding hydrogens is 455 g/mol. The Morgan fingerprint density at radius 3 is 2.33 bits per heavy atom. The molecular formula is C19H16Cl2N2O6S. The molecule has 0 radical (unpaired) electrons. The summed E-state index contributed by atoms with van der Waals surface area (Å²) < 4.78 is 42.9. The highest BCUT2D eigenvalue weighted by atomic mass is 35.5. The van der Waals surface area contributed by atoms with E-state index in [4.69, 9.17) is 37.2 Å². The van der Waals surface area contributed by atoms with Gasteiger partial charge in [0.25, 0.3) is 15.9 Å². The Bertz CT molecular complexity index is 1160. The number of methoxy groups -OCH3 is 1. The molecule has 0 fully saturated rings. The van der Waals surface area contributed by atoms with Gasteiger partial charge < -0.3 is 14.0 Å². The third kappa shape index (κ3) is 4.38. The lowest BCUT2D eigenvalue weighted by Crippen LogP contribution is -2.15. The second kappa shape index (κ2) is 8.95. The van der Waals surface area contributed by atoms with E-state index < -0.39 is 21.9 Å². The minimum Gasteiger partial charge on any atom is -0.494 e. The zero-order valence-electron chi connectivity index (χ0n) is 15.8. The number of halogens is 2. The Kier molecular flexibility index (Phi) is 6.55. The molecule has 0 amide bonds. The molecule has 1 heterocycles. The fourth-order valence-corrected chi connectivity index (χ4v) is 4.18. The van der Waals surface area contributed by atoms with E-state index in [2.05, 4.69) is 9.88 Å². The average Bonchev–Trinajstić information content (AvgIpc) is 3.10. The largest absolute Gasteiger partial charge is 0.494 e. The Balaban J connectivity index is 2.04. The van der Waals surface area contributed by atoms with E-state index in [9.17, 15) is 13.2 Å². The van der Waals surface area contributed by atoms with Crippen LogP contribution in [-0.4, -0.2) is 33.3 Å². The van der Waals surface area contributed by atoms with Crippen LogP contribution in [0.4, 0.5) is 5.88 Å². The maximum absolute atomic E-state index is 12.8. The quantitative estimate of drug-likeness (QED) is 0.501. The van der Waals surface area contributed by atoms with Crippen LogP contribution in [0.5, 0.6) is 5.75 Å². The number of ether oxygens (including phenoxy) is 2. The fraction of sp³-hybridized carbons (Fsp3) is 0.158. The van der Waals surface area contributed by atoms with E-state index in [1.165, 1.54) is 24.3 Å². The first-order valence-electron chi connectivity index (χ1n) is 8.56. The average molecular weight is 471 g/mol. The van der Waals surface area contributed by atoms with Crippen LogP contribution in [0.1, 0.15) is 17.3 Å². The predicted molar refractivity (Wildman–Crippen MR) is 112 cm³/mol. The summed E-state index contributed by atoms with van der Waals surface area (Å²) in [5.74, 6) is -0.796. The Morgan fingerprint density at radius 2 is 1.77 bits per heavy atom. The molecule has 3 aromatic rings. The molecule has 1 N–H and O–H groups in total. The number of anilines is 1. The summed E-state index contributed by atoms with van der Waals surface area (Å²) in [7, 11) is -2.97. The summed E-state index contributed by atoms with van der Waals surface area (Å²) >= 11 is 12.4. The number of nitrogens with one attached hydrogen (secondary N) is 1. The maximum Gasteiger partial charge on any atom is 0.345 e. The van der Waals surface area contributed by atoms with Crippen molar-refractivity contribution in [3.8, 4) is 17.0 Å². The van der Waals surface area contributed by atoms with Crippen LogP contribution in [-0.2, 0) is 14.8 Å². The SMILES string of the molecule is CCOc1ccc(S(=O)(=O)Nc2onc(-c3c(Cl)cccc3Cl)c2C(=O)OC)cc1. The first kappa shape index (κ1) is 21.9. The van der Waals surface area contributed by atoms with Gasteiger partial charge in [-0.25, -0.2) is 17.9 Å². The molecule has 8 nitrogen and oxygen atoms in total. The number of carbonyl (C=O) groups excluding carboxylic acids is 1. The summed E-state index contributed by atoms with van der Waals surface area (Å²) in [5.41, 5.74) is -0.111. The zero-order valence-corrected chi connectivity index (χ0v) is 18.1. The molecule has 158 valence electrons. The van der Waals surface area contributed by atoms with Crippen LogP contribution in [0.15, 0.2) is 51.9 Å². The molecule has 0 saturated carbocycles. The number of nitrogens with zero attached hydrogens (tertiary/aromatic N) is 1. The topological polar surface area (TPSA) is 108 Å². The minimum absolute atomic E-state index is 0.0538. The molecule has 30 heavy (non-hydrogen) atoms. The molecule has 1 aromatic heterocycles. The lowest BCUT2D eigenvalue weighted by molar-refractivity contribution is 0.0602. The minimum atomic E-state index is -4.11. The lowest BCUT2D eigenvalue weighted by Gasteiger charge is -2.09. The van der Waals surface area contributed by atoms with Crippen molar-refractivity contribution in [2.24, 2.45) is 0 Å². The van der Waals surface area contributed by atoms with Gasteiger partial charge in [-0.05, 0) is 43.3 Å². The summed E-state index contributed by atoms with van der Waals surface area (Å²) in [6.07, 6.45) is 0. The van der Waals surface area contributed by atoms with Crippen molar-refractivity contribution in [3.63, 3.8) is 0 Å². The summed E-state index contributed by atoms with van der Waals surface area (Å²) in [5, 5.41) is 4.19. The van der Waals surface area contributed by atoms with Gasteiger partial charge in [-0.1, -0.05) is 34.4 Å². The molecule has 0 bridgehead atoms. The second-order valence-electron chi connectivity index (χ2n) is 5.83. The van der Waals surface area contributed by atoms with Crippen LogP contribution in [0.3, 0.4) is 0 Å². The van der Waals surface area contributed by atoms with Gasteiger partial charge in [0.05, 0.1) is 28.7 Å². The molecule has 0 aliphatic heterocycles. The standard InChI is InChI=1S/C19H16Cl2N2O6S/c1-3-28-11-7-9-12(10-8-11)30(25,26)23-18-16(19(24)27-2)17(22-29-18)15-13(20)5-4-6-14(15)21/h4-10,23H,3H2,1-2H3. The lowest BCUT2D eigenvalue weighted by atomic mass is 10.1. The van der Waals surface area contributed by atoms with Gasteiger partial charge in [0.1, 0.15) is 11.4 Å². The normalized spacial score (nSPS) is 11.2. The first-order valence-corrected chi connectivity index (χ1v) is 10.8. The number of carbonyl (C=O) groups is 1. The van der Waals surface area contributed by atoms with E-state index in [0.29, 0.717) is 12.4 Å². The van der Waals surface area contributed by atoms with Crippen molar-refractivity contribution in [3.05, 3.63) is 58.1 Å². The maximum atomic E-state index is 12.8. The number of aromatic nitrogens is 1. The van der Waals surface area contributed by atoms with Crippen LogP contribution in [0.25, 0.3) is 11.3 Å². The van der Waals surface area contributed by atoms with E-state index in [1.807, 2.05) is 6.92 Å². The number of esters is 1. The highest BCUT2D eigenvalue weighted by Gasteiger charge is 2.30. The van der Waals surface area contributed by atoms with Crippen molar-refractivity contribution >= 4 is 45.1 Å². The molecule has 0 aliphatic rings. The van der Waals surface area contributed by atoms with Crippen molar-refractivity contribution in [1.82, 2.24) is 5.16 Å². The Hall–Kier alpha value is -2.75. The number of hydrogen-bond acceptors (Lipinski definition) is 7. The molecule has 3 rings (SSSR count). The second-order valence-corrected chi connectivity index (χ2v) is 8.33. The summed E-state index contributed by atoms with van der Waals surface area (Å²) in [6.45, 7) is 2.26. The van der Waals surface area contributed by atoms with Gasteiger partial charge >= 0.3 is 5.97 Å². The van der Waals surface area contributed by atoms with Crippen LogP contribution in [0.2, 0.25) is 10.0 Å². The molecule has 0 saturated heterocycles. The molecule has 0 spiro atoms. The molecule has 11 heteroatoms. The fourth-order valence-electron chi connectivity index (χ4n) is 2.61. The van der Waals surface area contributed by atoms with E-state index in [0.717, 1.165) is 7.11 Å². The first-order chi connectivity index (χ1) is 14.3. The Labute approximate surface area is 182 Å². The zero-order chi connectivity index (χ0) is 21.9. The van der Waals surface area contributed by atoms with E-state index in [-0.39, 0.29) is 31.8 Å². The highest BCUT2D eigenvalue weighted by molar-refractivity contribution is 7.92. The number of hydrogen-bond donors (Lipinski definition) is 1. The number of sulfonamides is 1. The molecule has 2 aromatic carbocycles. The predicted octanol–water partition coefficient (Wildman–Crippen LogP) is 4.63. The van der Waals surface area contributed by atoms with Crippen molar-refractivity contribution < 1.29 is 27.2 Å². The van der Waals surface area contributed by atoms with Crippen LogP contribution >= 0.6 is 23.2 Å². The van der Waals surface area contributed by atoms with Gasteiger partial charge in [-0.15, -0.1) is 0 Å². The van der Waals surface area contributed by atoms with Gasteiger partial charge in [0.15, 0.2) is 5.56 Å². The van der Waals surface area contributed by atoms with Gasteiger partial charge in [0, 0.05) is 5.56 Å². The van der Waals surface area contributed by atoms with Gasteiger partial charge in [0.2, 0.25) is 0 Å². The summed E-state index contributed by atoms with van der Waals surface area (Å²) in [4.78, 5) is 12.3. The van der Waals surface area contributed by atoms with Crippen molar-refractivity contribution in [2.75, 3.05) is 18.4 Å². The highest BCUT2D eigenvalue weighted by Crippen LogP contribution is 2.39. The number of rotatable bonds is 7. The third-order valence-electron chi connectivity index (χ3n) is 3.95. The number of benzene rings is 2. The van der Waals surface area contributed by atoms with Crippen LogP contribution in [0, 0.1) is 0 Å². The molecule has 0 atom stereocenters. The van der Waals surface area contributed by atoms with Gasteiger partial charge in [-0.2, -0.15) is 0 Å². The molecule has 0 unspecified atom stereocenters. The Morgan fingerprint density at radius 1 is 1.13 bits per heavy atom.